The van der Waals surface area contributed by atoms with Crippen molar-refractivity contribution in [3.8, 4) is 0 Å². The number of ether oxygens (including phenoxy) is 1. The van der Waals surface area contributed by atoms with E-state index in [0.29, 0.717) is 12.0 Å². The van der Waals surface area contributed by atoms with E-state index in [1.165, 1.54) is 25.7 Å². The molecule has 2 unspecified atom stereocenters. The highest BCUT2D eigenvalue weighted by atomic mass is 16.5. The van der Waals surface area contributed by atoms with Crippen LogP contribution in [-0.2, 0) is 4.74 Å². The fraction of sp³-hybridized carbons (Fsp3) is 0.789. The highest BCUT2D eigenvalue weighted by Gasteiger charge is 2.40. The Hall–Kier alpha value is -1.40. The molecule has 2 saturated heterocycles. The molecule has 4 rings (SSSR count). The summed E-state index contributed by atoms with van der Waals surface area (Å²) < 4.78 is 6.13. The van der Waals surface area contributed by atoms with E-state index < -0.39 is 0 Å². The molecule has 0 bridgehead atoms. The first-order chi connectivity index (χ1) is 12.3. The first-order valence-electron chi connectivity index (χ1n) is 9.85. The number of nitrogens with one attached hydrogen (secondary N) is 1. The van der Waals surface area contributed by atoms with Crippen LogP contribution in [0.2, 0.25) is 0 Å². The summed E-state index contributed by atoms with van der Waals surface area (Å²) in [6, 6.07) is 2.50. The standard InChI is InChI=1S/C19H30N4O2/c24-13-15-4-3-8-23(12-15)18-10-17(20-14-21-18)22-16-5-9-25-19(11-16)6-1-2-7-19/h10,14-16,24H,1-9,11-13H2,(H,20,21,22). The number of rotatable bonds is 4. The van der Waals surface area contributed by atoms with Crippen molar-refractivity contribution in [3.63, 3.8) is 0 Å². The van der Waals surface area contributed by atoms with Crippen molar-refractivity contribution in [2.24, 2.45) is 5.92 Å². The Morgan fingerprint density at radius 3 is 2.96 bits per heavy atom. The Balaban J connectivity index is 1.41. The van der Waals surface area contributed by atoms with Crippen LogP contribution in [0.15, 0.2) is 12.4 Å². The summed E-state index contributed by atoms with van der Waals surface area (Å²) in [5.74, 6) is 2.24. The van der Waals surface area contributed by atoms with Crippen molar-refractivity contribution < 1.29 is 9.84 Å². The van der Waals surface area contributed by atoms with E-state index >= 15 is 0 Å². The summed E-state index contributed by atoms with van der Waals surface area (Å²) >= 11 is 0. The molecule has 1 spiro atoms. The minimum absolute atomic E-state index is 0.118. The highest BCUT2D eigenvalue weighted by molar-refractivity contribution is 5.49. The van der Waals surface area contributed by atoms with Crippen molar-refractivity contribution in [2.45, 2.75) is 63.0 Å². The van der Waals surface area contributed by atoms with Crippen LogP contribution < -0.4 is 10.2 Å². The molecule has 6 nitrogen and oxygen atoms in total. The smallest absolute Gasteiger partial charge is 0.134 e. The van der Waals surface area contributed by atoms with E-state index in [2.05, 4.69) is 26.3 Å². The maximum atomic E-state index is 9.44. The first kappa shape index (κ1) is 17.0. The molecular weight excluding hydrogens is 316 g/mol. The van der Waals surface area contributed by atoms with Gasteiger partial charge in [-0.2, -0.15) is 0 Å². The monoisotopic (exact) mass is 346 g/mol. The van der Waals surface area contributed by atoms with Crippen molar-refractivity contribution >= 4 is 11.6 Å². The van der Waals surface area contributed by atoms with Gasteiger partial charge in [-0.3, -0.25) is 0 Å². The maximum absolute atomic E-state index is 9.44. The number of hydrogen-bond acceptors (Lipinski definition) is 6. The van der Waals surface area contributed by atoms with Crippen LogP contribution in [-0.4, -0.2) is 53.0 Å². The average molecular weight is 346 g/mol. The van der Waals surface area contributed by atoms with Gasteiger partial charge in [-0.15, -0.1) is 0 Å². The highest BCUT2D eigenvalue weighted by Crippen LogP contribution is 2.40. The van der Waals surface area contributed by atoms with E-state index in [9.17, 15) is 5.11 Å². The molecule has 0 amide bonds. The van der Waals surface area contributed by atoms with E-state index in [-0.39, 0.29) is 12.2 Å². The van der Waals surface area contributed by atoms with Crippen LogP contribution in [0.1, 0.15) is 51.4 Å². The predicted molar refractivity (Wildman–Crippen MR) is 97.9 cm³/mol. The summed E-state index contributed by atoms with van der Waals surface area (Å²) in [6.45, 7) is 3.00. The van der Waals surface area contributed by atoms with Crippen LogP contribution in [0.25, 0.3) is 0 Å². The molecule has 2 atom stereocenters. The van der Waals surface area contributed by atoms with Gasteiger partial charge in [0.05, 0.1) is 5.60 Å². The van der Waals surface area contributed by atoms with Gasteiger partial charge in [0, 0.05) is 38.4 Å². The lowest BCUT2D eigenvalue weighted by Crippen LogP contribution is -2.42. The zero-order chi connectivity index (χ0) is 17.1. The summed E-state index contributed by atoms with van der Waals surface area (Å²) in [4.78, 5) is 11.2. The summed E-state index contributed by atoms with van der Waals surface area (Å²) in [5.41, 5.74) is 0.118. The van der Waals surface area contributed by atoms with E-state index in [4.69, 9.17) is 4.74 Å². The molecule has 3 aliphatic rings. The predicted octanol–water partition coefficient (Wildman–Crippen LogP) is 2.59. The van der Waals surface area contributed by atoms with Crippen molar-refractivity contribution in [1.82, 2.24) is 9.97 Å². The van der Waals surface area contributed by atoms with Crippen LogP contribution >= 0.6 is 0 Å². The van der Waals surface area contributed by atoms with Gasteiger partial charge in [0.1, 0.15) is 18.0 Å². The molecule has 1 aromatic heterocycles. The van der Waals surface area contributed by atoms with Gasteiger partial charge < -0.3 is 20.1 Å². The molecule has 3 heterocycles. The Bertz CT molecular complexity index is 576. The number of anilines is 2. The van der Waals surface area contributed by atoms with Crippen LogP contribution in [0.5, 0.6) is 0 Å². The minimum Gasteiger partial charge on any atom is -0.396 e. The third-order valence-electron chi connectivity index (χ3n) is 6.11. The van der Waals surface area contributed by atoms with Gasteiger partial charge in [-0.1, -0.05) is 12.8 Å². The Kier molecular flexibility index (Phi) is 5.08. The number of piperidine rings is 1. The fourth-order valence-electron chi connectivity index (χ4n) is 4.75. The molecule has 6 heteroatoms. The molecule has 1 aromatic rings. The molecule has 0 aromatic carbocycles. The van der Waals surface area contributed by atoms with Crippen molar-refractivity contribution in [2.75, 3.05) is 36.5 Å². The SMILES string of the molecule is OCC1CCCN(c2cc(NC3CCOC4(CCCC4)C3)ncn2)C1. The van der Waals surface area contributed by atoms with Gasteiger partial charge in [-0.25, -0.2) is 9.97 Å². The van der Waals surface area contributed by atoms with Gasteiger partial charge >= 0.3 is 0 Å². The van der Waals surface area contributed by atoms with Gasteiger partial charge in [0.15, 0.2) is 0 Å². The number of aliphatic hydroxyl groups excluding tert-OH is 1. The molecule has 2 N–H and O–H groups in total. The molecule has 25 heavy (non-hydrogen) atoms. The third-order valence-corrected chi connectivity index (χ3v) is 6.11. The second-order valence-corrected chi connectivity index (χ2v) is 7.97. The lowest BCUT2D eigenvalue weighted by Gasteiger charge is -2.38. The second-order valence-electron chi connectivity index (χ2n) is 7.97. The molecular formula is C19H30N4O2. The van der Waals surface area contributed by atoms with Gasteiger partial charge in [-0.05, 0) is 44.4 Å². The summed E-state index contributed by atoms with van der Waals surface area (Å²) in [7, 11) is 0. The maximum Gasteiger partial charge on any atom is 0.134 e. The lowest BCUT2D eigenvalue weighted by atomic mass is 9.89. The Morgan fingerprint density at radius 1 is 1.24 bits per heavy atom. The average Bonchev–Trinajstić information content (AvgIpc) is 3.09. The summed E-state index contributed by atoms with van der Waals surface area (Å²) in [5, 5.41) is 13.1. The molecule has 0 radical (unpaired) electrons. The fourth-order valence-corrected chi connectivity index (χ4v) is 4.75. The molecule has 1 saturated carbocycles. The Morgan fingerprint density at radius 2 is 2.12 bits per heavy atom. The quantitative estimate of drug-likeness (QED) is 0.873. The van der Waals surface area contributed by atoms with E-state index in [0.717, 1.165) is 57.0 Å². The number of nitrogens with zero attached hydrogens (tertiary/aromatic N) is 3. The molecule has 2 aliphatic heterocycles. The van der Waals surface area contributed by atoms with Gasteiger partial charge in [0.2, 0.25) is 0 Å². The lowest BCUT2D eigenvalue weighted by molar-refractivity contribution is -0.0767. The zero-order valence-corrected chi connectivity index (χ0v) is 15.0. The van der Waals surface area contributed by atoms with E-state index in [1.807, 2.05) is 0 Å². The van der Waals surface area contributed by atoms with Crippen LogP contribution in [0.4, 0.5) is 11.6 Å². The van der Waals surface area contributed by atoms with E-state index in [1.54, 1.807) is 6.33 Å². The van der Waals surface area contributed by atoms with Crippen LogP contribution in [0.3, 0.4) is 0 Å². The molecule has 138 valence electrons. The number of hydrogen-bond donors (Lipinski definition) is 2. The van der Waals surface area contributed by atoms with Crippen LogP contribution in [0, 0.1) is 5.92 Å². The topological polar surface area (TPSA) is 70.5 Å². The molecule has 1 aliphatic carbocycles. The molecule has 3 fully saturated rings. The van der Waals surface area contributed by atoms with Crippen molar-refractivity contribution in [1.29, 1.82) is 0 Å². The Labute approximate surface area is 150 Å². The summed E-state index contributed by atoms with van der Waals surface area (Å²) in [6.07, 6.45) is 11.0. The number of aliphatic hydroxyl groups is 1. The van der Waals surface area contributed by atoms with Gasteiger partial charge in [0.25, 0.3) is 0 Å². The largest absolute Gasteiger partial charge is 0.396 e. The first-order valence-corrected chi connectivity index (χ1v) is 9.85. The third kappa shape index (κ3) is 3.90. The normalized spacial score (nSPS) is 29.1. The minimum atomic E-state index is 0.118. The number of aromatic nitrogens is 2. The van der Waals surface area contributed by atoms with Crippen molar-refractivity contribution in [3.05, 3.63) is 12.4 Å². The second kappa shape index (κ2) is 7.46. The zero-order valence-electron chi connectivity index (χ0n) is 15.0.